The summed E-state index contributed by atoms with van der Waals surface area (Å²) < 4.78 is 5.17. The quantitative estimate of drug-likeness (QED) is 0.634. The maximum atomic E-state index is 11.8. The molecule has 0 bridgehead atoms. The lowest BCUT2D eigenvalue weighted by Crippen LogP contribution is -2.12. The lowest BCUT2D eigenvalue weighted by molar-refractivity contribution is -0.115. The van der Waals surface area contributed by atoms with Gasteiger partial charge in [0.25, 0.3) is 0 Å². The summed E-state index contributed by atoms with van der Waals surface area (Å²) >= 11 is 1.55. The number of rotatable bonds is 6. The summed E-state index contributed by atoms with van der Waals surface area (Å²) in [4.78, 5) is 12.8. The van der Waals surface area contributed by atoms with Gasteiger partial charge in [0.1, 0.15) is 5.75 Å². The summed E-state index contributed by atoms with van der Waals surface area (Å²) in [5.74, 6) is 1.42. The second-order valence-electron chi connectivity index (χ2n) is 4.42. The van der Waals surface area contributed by atoms with Crippen LogP contribution in [0.4, 0.5) is 11.4 Å². The molecule has 2 aromatic carbocycles. The largest absolute Gasteiger partial charge is 0.497 e. The number of nitrogens with one attached hydrogen (secondary N) is 1. The maximum Gasteiger partial charge on any atom is 0.225 e. The molecule has 0 atom stereocenters. The highest BCUT2D eigenvalue weighted by atomic mass is 32.2. The van der Waals surface area contributed by atoms with Crippen molar-refractivity contribution in [2.24, 2.45) is 0 Å². The van der Waals surface area contributed by atoms with Gasteiger partial charge in [-0.1, -0.05) is 18.2 Å². The van der Waals surface area contributed by atoms with Crippen LogP contribution in [-0.2, 0) is 4.79 Å². The van der Waals surface area contributed by atoms with Crippen LogP contribution in [0.2, 0.25) is 0 Å². The van der Waals surface area contributed by atoms with Gasteiger partial charge in [0.05, 0.1) is 7.11 Å². The van der Waals surface area contributed by atoms with E-state index < -0.39 is 0 Å². The molecular formula is C16H18N2O2S. The maximum absolute atomic E-state index is 11.8. The normalized spacial score (nSPS) is 10.1. The summed E-state index contributed by atoms with van der Waals surface area (Å²) in [5.41, 5.74) is 7.42. The number of anilines is 2. The van der Waals surface area contributed by atoms with Crippen LogP contribution in [0.15, 0.2) is 53.4 Å². The van der Waals surface area contributed by atoms with Crippen LogP contribution in [0.3, 0.4) is 0 Å². The third kappa shape index (κ3) is 4.72. The minimum absolute atomic E-state index is 0.00447. The van der Waals surface area contributed by atoms with Crippen LogP contribution in [-0.4, -0.2) is 18.8 Å². The van der Waals surface area contributed by atoms with Gasteiger partial charge in [-0.05, 0) is 30.3 Å². The zero-order valence-corrected chi connectivity index (χ0v) is 12.7. The SMILES string of the molecule is COc1ccc(N)c(SCCC(=O)Nc2ccccc2)c1. The number of hydrogen-bond acceptors (Lipinski definition) is 4. The number of carbonyl (C=O) groups is 1. The molecule has 2 rings (SSSR count). The van der Waals surface area contributed by atoms with Crippen molar-refractivity contribution in [3.8, 4) is 5.75 Å². The molecule has 3 N–H and O–H groups in total. The Balaban J connectivity index is 1.83. The first-order chi connectivity index (χ1) is 10.2. The summed E-state index contributed by atoms with van der Waals surface area (Å²) in [6.07, 6.45) is 0.427. The van der Waals surface area contributed by atoms with E-state index >= 15 is 0 Å². The Bertz CT molecular complexity index is 602. The fourth-order valence-electron chi connectivity index (χ4n) is 1.77. The van der Waals surface area contributed by atoms with E-state index in [0.717, 1.165) is 16.3 Å². The lowest BCUT2D eigenvalue weighted by atomic mass is 10.3. The first-order valence-electron chi connectivity index (χ1n) is 6.60. The van der Waals surface area contributed by atoms with Gasteiger partial charge in [0, 0.05) is 28.4 Å². The highest BCUT2D eigenvalue weighted by Gasteiger charge is 2.06. The number of thioether (sulfide) groups is 1. The number of ether oxygens (including phenoxy) is 1. The molecule has 0 heterocycles. The van der Waals surface area contributed by atoms with Gasteiger partial charge >= 0.3 is 0 Å². The van der Waals surface area contributed by atoms with E-state index in [1.807, 2.05) is 48.5 Å². The molecule has 110 valence electrons. The van der Waals surface area contributed by atoms with Gasteiger partial charge in [0.15, 0.2) is 0 Å². The third-order valence-corrected chi connectivity index (χ3v) is 3.94. The van der Waals surface area contributed by atoms with Crippen molar-refractivity contribution < 1.29 is 9.53 Å². The highest BCUT2D eigenvalue weighted by Crippen LogP contribution is 2.29. The molecule has 0 aliphatic carbocycles. The summed E-state index contributed by atoms with van der Waals surface area (Å²) in [7, 11) is 1.62. The number of nitrogen functional groups attached to an aromatic ring is 1. The minimum atomic E-state index is -0.00447. The molecule has 0 aliphatic heterocycles. The topological polar surface area (TPSA) is 64.3 Å². The smallest absolute Gasteiger partial charge is 0.225 e. The van der Waals surface area contributed by atoms with Crippen molar-refractivity contribution in [2.75, 3.05) is 23.9 Å². The molecule has 0 fully saturated rings. The third-order valence-electron chi connectivity index (χ3n) is 2.86. The number of methoxy groups -OCH3 is 1. The molecular weight excluding hydrogens is 284 g/mol. The molecule has 21 heavy (non-hydrogen) atoms. The number of amides is 1. The average molecular weight is 302 g/mol. The molecule has 0 radical (unpaired) electrons. The van der Waals surface area contributed by atoms with E-state index in [4.69, 9.17) is 10.5 Å². The highest BCUT2D eigenvalue weighted by molar-refractivity contribution is 7.99. The van der Waals surface area contributed by atoms with Gasteiger partial charge in [0.2, 0.25) is 5.91 Å². The monoisotopic (exact) mass is 302 g/mol. The molecule has 0 spiro atoms. The average Bonchev–Trinajstić information content (AvgIpc) is 2.50. The van der Waals surface area contributed by atoms with E-state index in [0.29, 0.717) is 17.9 Å². The molecule has 2 aromatic rings. The summed E-state index contributed by atoms with van der Waals surface area (Å²) in [6.45, 7) is 0. The van der Waals surface area contributed by atoms with Crippen molar-refractivity contribution in [2.45, 2.75) is 11.3 Å². The van der Waals surface area contributed by atoms with Crippen LogP contribution >= 0.6 is 11.8 Å². The lowest BCUT2D eigenvalue weighted by Gasteiger charge is -2.08. The van der Waals surface area contributed by atoms with Gasteiger partial charge in [-0.2, -0.15) is 0 Å². The zero-order chi connectivity index (χ0) is 15.1. The second-order valence-corrected chi connectivity index (χ2v) is 5.55. The minimum Gasteiger partial charge on any atom is -0.497 e. The summed E-state index contributed by atoms with van der Waals surface area (Å²) in [6, 6.07) is 14.9. The van der Waals surface area contributed by atoms with E-state index in [1.54, 1.807) is 18.9 Å². The van der Waals surface area contributed by atoms with E-state index in [9.17, 15) is 4.79 Å². The van der Waals surface area contributed by atoms with Crippen LogP contribution in [0.1, 0.15) is 6.42 Å². The van der Waals surface area contributed by atoms with Gasteiger partial charge in [-0.15, -0.1) is 11.8 Å². The molecule has 5 heteroatoms. The van der Waals surface area contributed by atoms with Crippen LogP contribution in [0.25, 0.3) is 0 Å². The molecule has 0 aromatic heterocycles. The van der Waals surface area contributed by atoms with Crippen molar-refractivity contribution in [1.82, 2.24) is 0 Å². The van der Waals surface area contributed by atoms with Crippen LogP contribution in [0, 0.1) is 0 Å². The van der Waals surface area contributed by atoms with Gasteiger partial charge < -0.3 is 15.8 Å². The Kier molecular flexibility index (Phi) is 5.51. The van der Waals surface area contributed by atoms with E-state index in [-0.39, 0.29) is 5.91 Å². The van der Waals surface area contributed by atoms with Crippen molar-refractivity contribution >= 4 is 29.0 Å². The first kappa shape index (κ1) is 15.3. The van der Waals surface area contributed by atoms with Gasteiger partial charge in [-0.3, -0.25) is 4.79 Å². The predicted molar refractivity (Wildman–Crippen MR) is 87.8 cm³/mol. The molecule has 0 unspecified atom stereocenters. The van der Waals surface area contributed by atoms with Crippen LogP contribution < -0.4 is 15.8 Å². The number of carbonyl (C=O) groups excluding carboxylic acids is 1. The van der Waals surface area contributed by atoms with Crippen molar-refractivity contribution in [3.63, 3.8) is 0 Å². The zero-order valence-electron chi connectivity index (χ0n) is 11.8. The first-order valence-corrected chi connectivity index (χ1v) is 7.59. The Morgan fingerprint density at radius 3 is 2.71 bits per heavy atom. The Morgan fingerprint density at radius 2 is 2.00 bits per heavy atom. The fourth-order valence-corrected chi connectivity index (χ4v) is 2.71. The summed E-state index contributed by atoms with van der Waals surface area (Å²) in [5, 5.41) is 2.86. The molecule has 0 saturated heterocycles. The Labute approximate surface area is 128 Å². The molecule has 0 saturated carbocycles. The molecule has 4 nitrogen and oxygen atoms in total. The second kappa shape index (κ2) is 7.59. The number of nitrogens with two attached hydrogens (primary N) is 1. The van der Waals surface area contributed by atoms with Gasteiger partial charge in [-0.25, -0.2) is 0 Å². The number of benzene rings is 2. The molecule has 1 amide bonds. The van der Waals surface area contributed by atoms with Crippen molar-refractivity contribution in [1.29, 1.82) is 0 Å². The number of para-hydroxylation sites is 1. The van der Waals surface area contributed by atoms with E-state index in [1.165, 1.54) is 0 Å². The Hall–Kier alpha value is -2.14. The van der Waals surface area contributed by atoms with Crippen molar-refractivity contribution in [3.05, 3.63) is 48.5 Å². The fraction of sp³-hybridized carbons (Fsp3) is 0.188. The predicted octanol–water partition coefficient (Wildman–Crippen LogP) is 3.40. The standard InChI is InChI=1S/C16H18N2O2S/c1-20-13-7-8-14(17)15(11-13)21-10-9-16(19)18-12-5-3-2-4-6-12/h2-8,11H,9-10,17H2,1H3,(H,18,19). The van der Waals surface area contributed by atoms with E-state index in [2.05, 4.69) is 5.32 Å². The van der Waals surface area contributed by atoms with Crippen LogP contribution in [0.5, 0.6) is 5.75 Å². The molecule has 0 aliphatic rings. The number of hydrogen-bond donors (Lipinski definition) is 2. The Morgan fingerprint density at radius 1 is 1.24 bits per heavy atom.